The third-order valence-corrected chi connectivity index (χ3v) is 7.58. The van der Waals surface area contributed by atoms with Crippen molar-refractivity contribution in [1.82, 2.24) is 36.6 Å². The second-order valence-electron chi connectivity index (χ2n) is 10.0. The number of amides is 1. The largest absolute Gasteiger partial charge is 0.492 e. The van der Waals surface area contributed by atoms with Crippen LogP contribution in [0, 0.1) is 11.8 Å². The Morgan fingerprint density at radius 3 is 2.59 bits per heavy atom. The molecule has 34 heavy (non-hydrogen) atoms. The molecule has 4 heterocycles. The number of hydrazine groups is 1. The molecule has 4 unspecified atom stereocenters. The molecule has 4 aliphatic rings. The maximum atomic E-state index is 12.7. The van der Waals surface area contributed by atoms with Crippen molar-refractivity contribution in [2.24, 2.45) is 11.8 Å². The van der Waals surface area contributed by atoms with Gasteiger partial charge in [-0.15, -0.1) is 0 Å². The highest BCUT2D eigenvalue weighted by molar-refractivity contribution is 5.81. The number of hydrogen-bond acceptors (Lipinski definition) is 9. The van der Waals surface area contributed by atoms with Crippen LogP contribution in [0.25, 0.3) is 0 Å². The summed E-state index contributed by atoms with van der Waals surface area (Å²) >= 11 is 0. The molecule has 188 valence electrons. The monoisotopic (exact) mass is 472 g/mol. The Hall–Kier alpha value is -1.95. The highest BCUT2D eigenvalue weighted by Gasteiger charge is 2.45. The molecule has 4 fully saturated rings. The standard InChI is InChI=1S/C24H40N8O2/c1-17-6-10-32(11-7-17)24-28-20-16-26-30-23(33)21(20)22(29-24)27-18-2-4-19(5-3-18)34-15-14-31-12-8-25-9-13-31/h2-5,17,20-22,24-29H,6-16H2,1H3,(H,30,33). The Morgan fingerprint density at radius 1 is 1.06 bits per heavy atom. The lowest BCUT2D eigenvalue weighted by molar-refractivity contribution is -0.132. The highest BCUT2D eigenvalue weighted by atomic mass is 16.5. The summed E-state index contributed by atoms with van der Waals surface area (Å²) in [7, 11) is 0. The summed E-state index contributed by atoms with van der Waals surface area (Å²) in [5.41, 5.74) is 6.82. The fourth-order valence-corrected chi connectivity index (χ4v) is 5.40. The van der Waals surface area contributed by atoms with Crippen LogP contribution in [0.5, 0.6) is 5.75 Å². The molecule has 1 aromatic rings. The molecule has 4 saturated heterocycles. The number of carbonyl (C=O) groups excluding carboxylic acids is 1. The summed E-state index contributed by atoms with van der Waals surface area (Å²) in [6, 6.07) is 8.14. The Balaban J connectivity index is 1.19. The number of ether oxygens (including phenoxy) is 1. The van der Waals surface area contributed by atoms with Gasteiger partial charge in [-0.3, -0.25) is 30.7 Å². The van der Waals surface area contributed by atoms with Crippen molar-refractivity contribution in [2.75, 3.05) is 64.3 Å². The fraction of sp³-hybridized carbons (Fsp3) is 0.708. The van der Waals surface area contributed by atoms with Gasteiger partial charge in [0, 0.05) is 64.1 Å². The number of nitrogens with one attached hydrogen (secondary N) is 6. The lowest BCUT2D eigenvalue weighted by Crippen LogP contribution is -2.77. The molecule has 0 bridgehead atoms. The number of benzene rings is 1. The van der Waals surface area contributed by atoms with E-state index in [-0.39, 0.29) is 30.3 Å². The van der Waals surface area contributed by atoms with Crippen LogP contribution in [0.3, 0.4) is 0 Å². The van der Waals surface area contributed by atoms with Crippen molar-refractivity contribution < 1.29 is 9.53 Å². The molecule has 0 aliphatic carbocycles. The van der Waals surface area contributed by atoms with Crippen LogP contribution in [-0.2, 0) is 4.79 Å². The van der Waals surface area contributed by atoms with Crippen molar-refractivity contribution in [3.05, 3.63) is 24.3 Å². The first kappa shape index (κ1) is 23.8. The predicted octanol–water partition coefficient (Wildman–Crippen LogP) is -0.464. The predicted molar refractivity (Wildman–Crippen MR) is 132 cm³/mol. The van der Waals surface area contributed by atoms with Gasteiger partial charge in [0.25, 0.3) is 0 Å². The summed E-state index contributed by atoms with van der Waals surface area (Å²) in [6.07, 6.45) is 2.30. The minimum atomic E-state index is -0.212. The van der Waals surface area contributed by atoms with Crippen LogP contribution < -0.4 is 36.9 Å². The average Bonchev–Trinajstić information content (AvgIpc) is 2.86. The van der Waals surface area contributed by atoms with E-state index in [0.717, 1.165) is 63.2 Å². The number of hydrogen-bond donors (Lipinski definition) is 6. The highest BCUT2D eigenvalue weighted by Crippen LogP contribution is 2.25. The van der Waals surface area contributed by atoms with Gasteiger partial charge >= 0.3 is 0 Å². The Morgan fingerprint density at radius 2 is 1.82 bits per heavy atom. The third-order valence-electron chi connectivity index (χ3n) is 7.58. The van der Waals surface area contributed by atoms with E-state index in [0.29, 0.717) is 13.2 Å². The van der Waals surface area contributed by atoms with Gasteiger partial charge < -0.3 is 15.4 Å². The molecule has 1 amide bonds. The smallest absolute Gasteiger partial charge is 0.242 e. The van der Waals surface area contributed by atoms with Gasteiger partial charge in [0.1, 0.15) is 18.6 Å². The molecule has 10 heteroatoms. The van der Waals surface area contributed by atoms with Gasteiger partial charge in [-0.1, -0.05) is 6.92 Å². The van der Waals surface area contributed by atoms with Crippen LogP contribution in [0.2, 0.25) is 0 Å². The Labute approximate surface area is 202 Å². The number of likely N-dealkylation sites (tertiary alicyclic amines) is 1. The first-order valence-corrected chi connectivity index (χ1v) is 12.9. The van der Waals surface area contributed by atoms with Gasteiger partial charge in [0.15, 0.2) is 0 Å². The van der Waals surface area contributed by atoms with Gasteiger partial charge in [-0.05, 0) is 43.0 Å². The van der Waals surface area contributed by atoms with Gasteiger partial charge in [0.2, 0.25) is 5.91 Å². The quantitative estimate of drug-likeness (QED) is 0.314. The van der Waals surface area contributed by atoms with Crippen molar-refractivity contribution in [1.29, 1.82) is 0 Å². The number of anilines is 1. The third kappa shape index (κ3) is 5.81. The van der Waals surface area contributed by atoms with E-state index in [1.807, 2.05) is 24.3 Å². The zero-order valence-electron chi connectivity index (χ0n) is 20.2. The van der Waals surface area contributed by atoms with E-state index < -0.39 is 0 Å². The molecule has 6 N–H and O–H groups in total. The lowest BCUT2D eigenvalue weighted by atomic mass is 9.91. The maximum Gasteiger partial charge on any atom is 0.242 e. The first-order chi connectivity index (χ1) is 16.7. The Bertz CT molecular complexity index is 795. The molecule has 10 nitrogen and oxygen atoms in total. The number of nitrogens with zero attached hydrogens (tertiary/aromatic N) is 2. The Kier molecular flexibility index (Phi) is 7.83. The van der Waals surface area contributed by atoms with Gasteiger partial charge in [-0.25, -0.2) is 5.43 Å². The zero-order valence-corrected chi connectivity index (χ0v) is 20.2. The minimum Gasteiger partial charge on any atom is -0.492 e. The van der Waals surface area contributed by atoms with Crippen molar-refractivity contribution in [3.63, 3.8) is 0 Å². The van der Waals surface area contributed by atoms with Crippen molar-refractivity contribution in [3.8, 4) is 5.75 Å². The maximum absolute atomic E-state index is 12.7. The van der Waals surface area contributed by atoms with E-state index in [1.165, 1.54) is 12.8 Å². The SMILES string of the molecule is CC1CCN(C2NC3CNNC(=O)C3C(Nc3ccc(OCCN4CCNCC4)cc3)N2)CC1. The normalized spacial score (nSPS) is 31.5. The molecule has 5 rings (SSSR count). The summed E-state index contributed by atoms with van der Waals surface area (Å²) in [4.78, 5) is 17.6. The van der Waals surface area contributed by atoms with E-state index in [9.17, 15) is 4.79 Å². The van der Waals surface area contributed by atoms with E-state index in [1.54, 1.807) is 0 Å². The first-order valence-electron chi connectivity index (χ1n) is 12.9. The molecular weight excluding hydrogens is 432 g/mol. The van der Waals surface area contributed by atoms with Crippen LogP contribution in [0.15, 0.2) is 24.3 Å². The van der Waals surface area contributed by atoms with Crippen LogP contribution in [0.1, 0.15) is 19.8 Å². The second-order valence-corrected chi connectivity index (χ2v) is 10.0. The van der Waals surface area contributed by atoms with Crippen molar-refractivity contribution in [2.45, 2.75) is 38.3 Å². The number of carbonyl (C=O) groups is 1. The molecule has 0 aromatic heterocycles. The molecule has 1 aromatic carbocycles. The fourth-order valence-electron chi connectivity index (χ4n) is 5.40. The molecule has 0 spiro atoms. The summed E-state index contributed by atoms with van der Waals surface area (Å²) in [5.74, 6) is 1.45. The zero-order chi connectivity index (χ0) is 23.3. The van der Waals surface area contributed by atoms with E-state index >= 15 is 0 Å². The molecule has 4 aliphatic heterocycles. The van der Waals surface area contributed by atoms with E-state index in [2.05, 4.69) is 48.8 Å². The topological polar surface area (TPSA) is 105 Å². The van der Waals surface area contributed by atoms with Crippen LogP contribution >= 0.6 is 0 Å². The molecular formula is C24H40N8O2. The molecule has 0 saturated carbocycles. The summed E-state index contributed by atoms with van der Waals surface area (Å²) in [5, 5.41) is 14.3. The number of fused-ring (bicyclic) bond motifs is 1. The minimum absolute atomic E-state index is 0.00679. The lowest BCUT2D eigenvalue weighted by Gasteiger charge is -2.49. The molecule has 4 atom stereocenters. The van der Waals surface area contributed by atoms with E-state index in [4.69, 9.17) is 4.74 Å². The van der Waals surface area contributed by atoms with Crippen molar-refractivity contribution >= 4 is 11.6 Å². The number of piperazine rings is 1. The van der Waals surface area contributed by atoms with Crippen LogP contribution in [0.4, 0.5) is 5.69 Å². The second kappa shape index (κ2) is 11.2. The number of rotatable bonds is 7. The average molecular weight is 473 g/mol. The summed E-state index contributed by atoms with van der Waals surface area (Å²) < 4.78 is 5.97. The van der Waals surface area contributed by atoms with Gasteiger partial charge in [-0.2, -0.15) is 0 Å². The summed E-state index contributed by atoms with van der Waals surface area (Å²) in [6.45, 7) is 11.1. The number of piperidine rings is 1. The van der Waals surface area contributed by atoms with Gasteiger partial charge in [0.05, 0.1) is 12.1 Å². The van der Waals surface area contributed by atoms with Crippen LogP contribution in [-0.4, -0.2) is 93.2 Å². The molecule has 0 radical (unpaired) electrons.